The van der Waals surface area contributed by atoms with Crippen molar-refractivity contribution in [3.8, 4) is 34.6 Å². The lowest BCUT2D eigenvalue weighted by molar-refractivity contribution is -0.274. The minimum absolute atomic E-state index is 0.242. The third-order valence-corrected chi connectivity index (χ3v) is 8.12. The van der Waals surface area contributed by atoms with E-state index in [9.17, 15) is 23.2 Å². The van der Waals surface area contributed by atoms with Gasteiger partial charge in [-0.1, -0.05) is 55.9 Å². The van der Waals surface area contributed by atoms with Crippen molar-refractivity contribution in [2.24, 2.45) is 4.99 Å². The Hall–Kier alpha value is -5.03. The van der Waals surface area contributed by atoms with Gasteiger partial charge in [0.25, 0.3) is 0 Å². The van der Waals surface area contributed by atoms with Gasteiger partial charge in [-0.05, 0) is 53.8 Å². The van der Waals surface area contributed by atoms with Gasteiger partial charge in [0.2, 0.25) is 0 Å². The van der Waals surface area contributed by atoms with Crippen molar-refractivity contribution in [1.82, 2.24) is 20.1 Å². The number of benzene rings is 3. The van der Waals surface area contributed by atoms with Crippen LogP contribution in [0.2, 0.25) is 0 Å². The molecule has 1 saturated heterocycles. The highest BCUT2D eigenvalue weighted by Gasteiger charge is 2.31. The molecular formula is C32H30F3N7O3S. The molecular weight excluding hydrogens is 619 g/mol. The highest BCUT2D eigenvalue weighted by Crippen LogP contribution is 2.35. The maximum absolute atomic E-state index is 13.1. The van der Waals surface area contributed by atoms with Crippen LogP contribution in [0.4, 0.5) is 23.7 Å². The fraction of sp³-hybridized carbons (Fsp3) is 0.281. The average Bonchev–Trinajstić information content (AvgIpc) is 3.54. The number of amides is 2. The molecule has 238 valence electrons. The number of ether oxygens (including phenoxy) is 2. The third kappa shape index (κ3) is 7.78. The average molecular weight is 650 g/mol. The van der Waals surface area contributed by atoms with Gasteiger partial charge in [-0.15, -0.1) is 18.3 Å². The molecule has 14 heteroatoms. The summed E-state index contributed by atoms with van der Waals surface area (Å²) in [5, 5.41) is 17.5. The first kappa shape index (κ1) is 32.4. The Bertz CT molecular complexity index is 1750. The van der Waals surface area contributed by atoms with E-state index in [4.69, 9.17) is 4.74 Å². The molecule has 0 saturated carbocycles. The van der Waals surface area contributed by atoms with E-state index in [0.29, 0.717) is 40.1 Å². The lowest BCUT2D eigenvalue weighted by atomic mass is 10.00. The number of aromatic nitrogens is 3. The highest BCUT2D eigenvalue weighted by atomic mass is 32.2. The van der Waals surface area contributed by atoms with E-state index in [2.05, 4.69) is 45.0 Å². The summed E-state index contributed by atoms with van der Waals surface area (Å²) in [7, 11) is 1.61. The summed E-state index contributed by atoms with van der Waals surface area (Å²) < 4.78 is 48.1. The molecule has 2 amide bonds. The fourth-order valence-corrected chi connectivity index (χ4v) is 5.77. The Morgan fingerprint density at radius 3 is 2.46 bits per heavy atom. The summed E-state index contributed by atoms with van der Waals surface area (Å²) >= 11 is 1.49. The standard InChI is InChI=1S/C32H30F3N7O3S/c1-20(2)26-14-13-25(44-3)17-28(26)41-15-4-16-46-31(41)39-30(43)38-27(18-36)21-5-7-22(8-6-21)29-37-19-42(40-29)23-9-11-24(12-10-23)45-32(33,34)35/h5-14,17,19-20,27H,4,15-16H2,1-3H3,(H,38,43). The van der Waals surface area contributed by atoms with Crippen LogP contribution in [0.3, 0.4) is 0 Å². The number of nitrogens with zero attached hydrogens (tertiary/aromatic N) is 6. The Balaban J connectivity index is 1.28. The quantitative estimate of drug-likeness (QED) is 0.212. The van der Waals surface area contributed by atoms with Crippen molar-refractivity contribution in [3.05, 3.63) is 84.2 Å². The van der Waals surface area contributed by atoms with E-state index in [1.807, 2.05) is 23.1 Å². The number of anilines is 1. The summed E-state index contributed by atoms with van der Waals surface area (Å²) in [5.41, 5.74) is 3.71. The van der Waals surface area contributed by atoms with E-state index >= 15 is 0 Å². The summed E-state index contributed by atoms with van der Waals surface area (Å²) in [6.45, 7) is 4.90. The predicted molar refractivity (Wildman–Crippen MR) is 169 cm³/mol. The Morgan fingerprint density at radius 1 is 1.09 bits per heavy atom. The van der Waals surface area contributed by atoms with Crippen molar-refractivity contribution in [2.75, 3.05) is 24.3 Å². The van der Waals surface area contributed by atoms with Gasteiger partial charge < -0.3 is 19.7 Å². The molecule has 10 nitrogen and oxygen atoms in total. The minimum atomic E-state index is -4.78. The molecule has 3 aromatic carbocycles. The zero-order valence-corrected chi connectivity index (χ0v) is 26.0. The van der Waals surface area contributed by atoms with Crippen LogP contribution >= 0.6 is 11.8 Å². The van der Waals surface area contributed by atoms with E-state index in [1.165, 1.54) is 47.0 Å². The predicted octanol–water partition coefficient (Wildman–Crippen LogP) is 7.24. The molecule has 1 N–H and O–H groups in total. The van der Waals surface area contributed by atoms with Crippen LogP contribution < -0.4 is 19.7 Å². The van der Waals surface area contributed by atoms with Crippen LogP contribution in [-0.2, 0) is 0 Å². The number of rotatable bonds is 8. The van der Waals surface area contributed by atoms with E-state index in [1.54, 1.807) is 31.4 Å². The molecule has 1 aliphatic rings. The topological polar surface area (TPSA) is 118 Å². The van der Waals surface area contributed by atoms with Crippen LogP contribution in [0.5, 0.6) is 11.5 Å². The van der Waals surface area contributed by atoms with Crippen LogP contribution in [0.1, 0.15) is 43.4 Å². The molecule has 1 aromatic heterocycles. The van der Waals surface area contributed by atoms with Gasteiger partial charge in [-0.3, -0.25) is 0 Å². The van der Waals surface area contributed by atoms with Gasteiger partial charge >= 0.3 is 12.4 Å². The number of alkyl halides is 3. The number of aliphatic imine (C=N–C) groups is 1. The molecule has 1 unspecified atom stereocenters. The third-order valence-electron chi connectivity index (χ3n) is 7.06. The number of carbonyl (C=O) groups is 1. The summed E-state index contributed by atoms with van der Waals surface area (Å²) in [5.74, 6) is 1.78. The summed E-state index contributed by atoms with van der Waals surface area (Å²) in [6.07, 6.45) is -2.42. The molecule has 1 fully saturated rings. The Kier molecular flexibility index (Phi) is 9.81. The SMILES string of the molecule is COc1ccc(C(C)C)c(N2CCCSC2=NC(=O)NC(C#N)c2ccc(-c3ncn(-c4ccc(OC(F)(F)F)cc4)n3)cc2)c1. The molecule has 46 heavy (non-hydrogen) atoms. The lowest BCUT2D eigenvalue weighted by Crippen LogP contribution is -2.37. The number of methoxy groups -OCH3 is 1. The molecule has 1 atom stereocenters. The minimum Gasteiger partial charge on any atom is -0.497 e. The number of hydrogen-bond acceptors (Lipinski definition) is 7. The number of urea groups is 1. The van der Waals surface area contributed by atoms with Crippen molar-refractivity contribution in [1.29, 1.82) is 5.26 Å². The van der Waals surface area contributed by atoms with E-state index in [0.717, 1.165) is 23.4 Å². The van der Waals surface area contributed by atoms with Crippen LogP contribution in [0, 0.1) is 11.3 Å². The van der Waals surface area contributed by atoms with Crippen LogP contribution in [-0.4, -0.2) is 51.7 Å². The number of nitrogens with one attached hydrogen (secondary N) is 1. The van der Waals surface area contributed by atoms with Gasteiger partial charge in [0, 0.05) is 29.6 Å². The van der Waals surface area contributed by atoms with Crippen molar-refractivity contribution < 1.29 is 27.4 Å². The second-order valence-electron chi connectivity index (χ2n) is 10.5. The van der Waals surface area contributed by atoms with Gasteiger partial charge in [-0.25, -0.2) is 14.5 Å². The number of nitriles is 1. The fourth-order valence-electron chi connectivity index (χ4n) is 4.83. The first-order valence-corrected chi connectivity index (χ1v) is 15.3. The molecule has 0 aliphatic carbocycles. The molecule has 2 heterocycles. The number of halogens is 3. The number of amidine groups is 1. The highest BCUT2D eigenvalue weighted by molar-refractivity contribution is 8.14. The first-order valence-electron chi connectivity index (χ1n) is 14.3. The Labute approximate surface area is 267 Å². The van der Waals surface area contributed by atoms with Gasteiger partial charge in [0.1, 0.15) is 23.9 Å². The van der Waals surface area contributed by atoms with E-state index in [-0.39, 0.29) is 11.7 Å². The second kappa shape index (κ2) is 13.9. The number of hydrogen-bond donors (Lipinski definition) is 1. The lowest BCUT2D eigenvalue weighted by Gasteiger charge is -2.32. The maximum Gasteiger partial charge on any atom is 0.573 e. The monoisotopic (exact) mass is 649 g/mol. The second-order valence-corrected chi connectivity index (χ2v) is 11.6. The molecule has 1 aliphatic heterocycles. The van der Waals surface area contributed by atoms with E-state index < -0.39 is 18.4 Å². The zero-order valence-electron chi connectivity index (χ0n) is 25.2. The van der Waals surface area contributed by atoms with Crippen molar-refractivity contribution >= 4 is 28.6 Å². The number of carbonyl (C=O) groups excluding carboxylic acids is 1. The zero-order chi connectivity index (χ0) is 32.8. The largest absolute Gasteiger partial charge is 0.573 e. The van der Waals surface area contributed by atoms with Crippen molar-refractivity contribution in [2.45, 2.75) is 38.6 Å². The molecule has 0 bridgehead atoms. The van der Waals surface area contributed by atoms with Crippen LogP contribution in [0.25, 0.3) is 17.1 Å². The number of thioether (sulfide) groups is 1. The van der Waals surface area contributed by atoms with Gasteiger partial charge in [-0.2, -0.15) is 10.3 Å². The smallest absolute Gasteiger partial charge is 0.497 e. The summed E-state index contributed by atoms with van der Waals surface area (Å²) in [4.78, 5) is 23.8. The van der Waals surface area contributed by atoms with Gasteiger partial charge in [0.05, 0.1) is 18.9 Å². The molecule has 5 rings (SSSR count). The first-order chi connectivity index (χ1) is 22.0. The van der Waals surface area contributed by atoms with Crippen LogP contribution in [0.15, 0.2) is 78.0 Å². The van der Waals surface area contributed by atoms with Gasteiger partial charge in [0.15, 0.2) is 11.0 Å². The van der Waals surface area contributed by atoms with Crippen molar-refractivity contribution in [3.63, 3.8) is 0 Å². The Morgan fingerprint density at radius 2 is 1.80 bits per heavy atom. The molecule has 0 radical (unpaired) electrons. The molecule has 4 aromatic rings. The molecule has 0 spiro atoms. The maximum atomic E-state index is 13.1. The summed E-state index contributed by atoms with van der Waals surface area (Å²) in [6, 6.07) is 18.5. The normalized spacial score (nSPS) is 15.0.